The second-order valence-corrected chi connectivity index (χ2v) is 5.40. The van der Waals surface area contributed by atoms with Gasteiger partial charge in [0.1, 0.15) is 17.5 Å². The molecule has 0 bridgehead atoms. The molecular weight excluding hydrogens is 238 g/mol. The van der Waals surface area contributed by atoms with E-state index in [1.54, 1.807) is 0 Å². The summed E-state index contributed by atoms with van der Waals surface area (Å²) in [7, 11) is 0. The van der Waals surface area contributed by atoms with E-state index in [0.29, 0.717) is 11.9 Å². The maximum atomic E-state index is 5.83. The third kappa shape index (κ3) is 4.35. The van der Waals surface area contributed by atoms with Crippen molar-refractivity contribution in [2.24, 2.45) is 0 Å². The molecule has 0 aromatic carbocycles. The minimum Gasteiger partial charge on any atom is -0.384 e. The fourth-order valence-electron chi connectivity index (χ4n) is 2.58. The molecule has 1 aliphatic rings. The summed E-state index contributed by atoms with van der Waals surface area (Å²) in [5, 5.41) is 3.44. The third-order valence-electron chi connectivity index (χ3n) is 3.39. The van der Waals surface area contributed by atoms with E-state index in [0.717, 1.165) is 31.0 Å². The Balaban J connectivity index is 1.93. The van der Waals surface area contributed by atoms with Gasteiger partial charge in [-0.05, 0) is 39.3 Å². The molecular formula is C14H25N5. The average Bonchev–Trinajstić information content (AvgIpc) is 2.81. The molecule has 1 unspecified atom stereocenters. The Kier molecular flexibility index (Phi) is 4.96. The van der Waals surface area contributed by atoms with Crippen molar-refractivity contribution >= 4 is 11.6 Å². The van der Waals surface area contributed by atoms with Gasteiger partial charge in [-0.1, -0.05) is 6.92 Å². The normalized spacial score (nSPS) is 17.6. The maximum absolute atomic E-state index is 5.83. The second-order valence-electron chi connectivity index (χ2n) is 5.40. The van der Waals surface area contributed by atoms with Crippen LogP contribution < -0.4 is 11.1 Å². The predicted molar refractivity (Wildman–Crippen MR) is 79.2 cm³/mol. The molecule has 5 nitrogen and oxygen atoms in total. The number of aryl methyl sites for hydroxylation is 1. The summed E-state index contributed by atoms with van der Waals surface area (Å²) in [5.41, 5.74) is 5.83. The van der Waals surface area contributed by atoms with Crippen molar-refractivity contribution in [2.75, 3.05) is 30.7 Å². The van der Waals surface area contributed by atoms with Crippen molar-refractivity contribution in [1.82, 2.24) is 14.9 Å². The topological polar surface area (TPSA) is 67.1 Å². The quantitative estimate of drug-likeness (QED) is 0.820. The van der Waals surface area contributed by atoms with E-state index in [9.17, 15) is 0 Å². The zero-order valence-electron chi connectivity index (χ0n) is 12.0. The van der Waals surface area contributed by atoms with Crippen LogP contribution in [0.3, 0.4) is 0 Å². The Morgan fingerprint density at radius 1 is 1.37 bits per heavy atom. The molecule has 1 saturated heterocycles. The van der Waals surface area contributed by atoms with Gasteiger partial charge in [0.05, 0.1) is 0 Å². The molecule has 0 saturated carbocycles. The van der Waals surface area contributed by atoms with Crippen LogP contribution in [0.4, 0.5) is 11.6 Å². The molecule has 1 aromatic rings. The van der Waals surface area contributed by atoms with Gasteiger partial charge in [-0.15, -0.1) is 0 Å². The number of nitrogen functional groups attached to an aromatic ring is 1. The highest BCUT2D eigenvalue weighted by Gasteiger charge is 2.15. The summed E-state index contributed by atoms with van der Waals surface area (Å²) in [6, 6.07) is 2.20. The van der Waals surface area contributed by atoms with Crippen LogP contribution in [0.5, 0.6) is 0 Å². The second kappa shape index (κ2) is 6.70. The van der Waals surface area contributed by atoms with Crippen LogP contribution in [-0.2, 0) is 6.42 Å². The van der Waals surface area contributed by atoms with Crippen molar-refractivity contribution in [3.8, 4) is 0 Å². The lowest BCUT2D eigenvalue weighted by Crippen LogP contribution is -2.33. The molecule has 3 N–H and O–H groups in total. The van der Waals surface area contributed by atoms with Gasteiger partial charge in [-0.3, -0.25) is 0 Å². The van der Waals surface area contributed by atoms with E-state index in [2.05, 4.69) is 34.0 Å². The first-order valence-electron chi connectivity index (χ1n) is 7.29. The zero-order valence-corrected chi connectivity index (χ0v) is 12.0. The van der Waals surface area contributed by atoms with Gasteiger partial charge >= 0.3 is 0 Å². The smallest absolute Gasteiger partial charge is 0.133 e. The standard InChI is InChI=1S/C14H25N5/c1-3-6-13-17-12(15)9-14(18-13)16-11(2)10-19-7-4-5-8-19/h9,11H,3-8,10H2,1-2H3,(H3,15,16,17,18). The Labute approximate surface area is 115 Å². The van der Waals surface area contributed by atoms with Crippen molar-refractivity contribution in [2.45, 2.75) is 45.6 Å². The molecule has 5 heteroatoms. The predicted octanol–water partition coefficient (Wildman–Crippen LogP) is 1.91. The largest absolute Gasteiger partial charge is 0.384 e. The van der Waals surface area contributed by atoms with Gasteiger partial charge in [0.15, 0.2) is 0 Å². The van der Waals surface area contributed by atoms with Crippen molar-refractivity contribution in [3.63, 3.8) is 0 Å². The Morgan fingerprint density at radius 2 is 2.11 bits per heavy atom. The van der Waals surface area contributed by atoms with Gasteiger partial charge < -0.3 is 16.0 Å². The lowest BCUT2D eigenvalue weighted by Gasteiger charge is -2.21. The number of hydrogen-bond donors (Lipinski definition) is 2. The minimum absolute atomic E-state index is 0.377. The molecule has 1 fully saturated rings. The van der Waals surface area contributed by atoms with Crippen LogP contribution >= 0.6 is 0 Å². The van der Waals surface area contributed by atoms with Gasteiger partial charge in [0.2, 0.25) is 0 Å². The van der Waals surface area contributed by atoms with E-state index in [1.807, 2.05) is 6.07 Å². The lowest BCUT2D eigenvalue weighted by molar-refractivity contribution is 0.327. The van der Waals surface area contributed by atoms with Gasteiger partial charge in [-0.2, -0.15) is 0 Å². The highest BCUT2D eigenvalue weighted by atomic mass is 15.2. The van der Waals surface area contributed by atoms with Crippen molar-refractivity contribution < 1.29 is 0 Å². The average molecular weight is 263 g/mol. The summed E-state index contributed by atoms with van der Waals surface area (Å²) in [6.45, 7) is 7.82. The maximum Gasteiger partial charge on any atom is 0.133 e. The molecule has 1 atom stereocenters. The third-order valence-corrected chi connectivity index (χ3v) is 3.39. The van der Waals surface area contributed by atoms with Gasteiger partial charge in [-0.25, -0.2) is 9.97 Å². The zero-order chi connectivity index (χ0) is 13.7. The molecule has 2 rings (SSSR count). The molecule has 0 aliphatic carbocycles. The van der Waals surface area contributed by atoms with Crippen LogP contribution in [0.25, 0.3) is 0 Å². The molecule has 0 radical (unpaired) electrons. The monoisotopic (exact) mass is 263 g/mol. The van der Waals surface area contributed by atoms with Gasteiger partial charge in [0, 0.05) is 25.1 Å². The van der Waals surface area contributed by atoms with Crippen molar-refractivity contribution in [3.05, 3.63) is 11.9 Å². The van der Waals surface area contributed by atoms with E-state index in [-0.39, 0.29) is 0 Å². The number of nitrogens with two attached hydrogens (primary N) is 1. The first-order valence-corrected chi connectivity index (χ1v) is 7.29. The fraction of sp³-hybridized carbons (Fsp3) is 0.714. The summed E-state index contributed by atoms with van der Waals surface area (Å²) in [5.74, 6) is 2.23. The highest BCUT2D eigenvalue weighted by Crippen LogP contribution is 2.13. The SMILES string of the molecule is CCCc1nc(N)cc(NC(C)CN2CCCC2)n1. The molecule has 106 valence electrons. The number of aromatic nitrogens is 2. The summed E-state index contributed by atoms with van der Waals surface area (Å²) in [4.78, 5) is 11.3. The molecule has 2 heterocycles. The van der Waals surface area contributed by atoms with Crippen molar-refractivity contribution in [1.29, 1.82) is 0 Å². The number of likely N-dealkylation sites (tertiary alicyclic amines) is 1. The fourth-order valence-corrected chi connectivity index (χ4v) is 2.58. The minimum atomic E-state index is 0.377. The van der Waals surface area contributed by atoms with Crippen LogP contribution in [0.2, 0.25) is 0 Å². The first-order chi connectivity index (χ1) is 9.17. The Bertz CT molecular complexity index is 401. The van der Waals surface area contributed by atoms with Crippen LogP contribution in [0.1, 0.15) is 38.9 Å². The van der Waals surface area contributed by atoms with E-state index >= 15 is 0 Å². The van der Waals surface area contributed by atoms with Crippen LogP contribution in [0.15, 0.2) is 6.07 Å². The number of nitrogens with zero attached hydrogens (tertiary/aromatic N) is 3. The van der Waals surface area contributed by atoms with Crippen LogP contribution in [0, 0.1) is 0 Å². The summed E-state index contributed by atoms with van der Waals surface area (Å²) < 4.78 is 0. The van der Waals surface area contributed by atoms with Gasteiger partial charge in [0.25, 0.3) is 0 Å². The van der Waals surface area contributed by atoms with E-state index in [1.165, 1.54) is 25.9 Å². The molecule has 0 spiro atoms. The van der Waals surface area contributed by atoms with E-state index < -0.39 is 0 Å². The number of rotatable bonds is 6. The van der Waals surface area contributed by atoms with E-state index in [4.69, 9.17) is 5.73 Å². The lowest BCUT2D eigenvalue weighted by atomic mass is 10.3. The highest BCUT2D eigenvalue weighted by molar-refractivity contribution is 5.45. The first kappa shape index (κ1) is 14.1. The molecule has 1 aliphatic heterocycles. The number of nitrogens with one attached hydrogen (secondary N) is 1. The Hall–Kier alpha value is -1.36. The Morgan fingerprint density at radius 3 is 2.79 bits per heavy atom. The summed E-state index contributed by atoms with van der Waals surface area (Å²) in [6.07, 6.45) is 4.56. The molecule has 1 aromatic heterocycles. The molecule has 19 heavy (non-hydrogen) atoms. The van der Waals surface area contributed by atoms with Crippen LogP contribution in [-0.4, -0.2) is 40.5 Å². The summed E-state index contributed by atoms with van der Waals surface area (Å²) >= 11 is 0. The molecule has 0 amide bonds. The number of hydrogen-bond acceptors (Lipinski definition) is 5. The number of anilines is 2.